The second-order valence-electron chi connectivity index (χ2n) is 6.20. The number of halogens is 4. The average molecular weight is 384 g/mol. The van der Waals surface area contributed by atoms with Gasteiger partial charge >= 0.3 is 6.18 Å². The zero-order chi connectivity index (χ0) is 18.7. The lowest BCUT2D eigenvalue weighted by molar-refractivity contribution is -0.137. The highest BCUT2D eigenvalue weighted by molar-refractivity contribution is 6.33. The third kappa shape index (κ3) is 4.46. The second-order valence-corrected chi connectivity index (χ2v) is 6.61. The highest BCUT2D eigenvalue weighted by atomic mass is 35.5. The minimum absolute atomic E-state index is 0.0193. The van der Waals surface area contributed by atoms with Gasteiger partial charge in [-0.05, 0) is 43.2 Å². The van der Waals surface area contributed by atoms with Gasteiger partial charge in [0.1, 0.15) is 5.69 Å². The van der Waals surface area contributed by atoms with Crippen LogP contribution in [0.15, 0.2) is 36.5 Å². The zero-order valence-corrected chi connectivity index (χ0v) is 14.5. The van der Waals surface area contributed by atoms with E-state index in [1.165, 1.54) is 18.9 Å². The average Bonchev–Trinajstić information content (AvgIpc) is 3.09. The molecule has 4 nitrogen and oxygen atoms in total. The number of anilines is 2. The fraction of sp³-hybridized carbons (Fsp3) is 0.333. The lowest BCUT2D eigenvalue weighted by atomic mass is 10.2. The maximum atomic E-state index is 12.8. The van der Waals surface area contributed by atoms with Gasteiger partial charge in [0.2, 0.25) is 0 Å². The molecule has 1 aliphatic rings. The van der Waals surface area contributed by atoms with E-state index >= 15 is 0 Å². The van der Waals surface area contributed by atoms with E-state index in [1.54, 1.807) is 12.3 Å². The van der Waals surface area contributed by atoms with Crippen LogP contribution in [-0.2, 0) is 6.18 Å². The van der Waals surface area contributed by atoms with E-state index in [1.807, 2.05) is 0 Å². The van der Waals surface area contributed by atoms with Gasteiger partial charge in [0.25, 0.3) is 5.91 Å². The van der Waals surface area contributed by atoms with Crippen LogP contribution < -0.4 is 10.6 Å². The number of nitrogens with one attached hydrogen (secondary N) is 2. The van der Waals surface area contributed by atoms with Crippen molar-refractivity contribution in [3.05, 3.63) is 52.8 Å². The third-order valence-electron chi connectivity index (χ3n) is 4.26. The molecule has 26 heavy (non-hydrogen) atoms. The first-order chi connectivity index (χ1) is 12.3. The number of hydrogen-bond acceptors (Lipinski definition) is 3. The van der Waals surface area contributed by atoms with Crippen LogP contribution in [0.1, 0.15) is 41.7 Å². The Morgan fingerprint density at radius 3 is 2.50 bits per heavy atom. The van der Waals surface area contributed by atoms with Gasteiger partial charge in [-0.3, -0.25) is 4.79 Å². The third-order valence-corrected chi connectivity index (χ3v) is 4.59. The zero-order valence-electron chi connectivity index (χ0n) is 13.7. The van der Waals surface area contributed by atoms with Gasteiger partial charge in [-0.15, -0.1) is 0 Å². The molecule has 0 unspecified atom stereocenters. The number of carbonyl (C=O) groups excluding carboxylic acids is 1. The molecule has 1 aliphatic carbocycles. The van der Waals surface area contributed by atoms with Crippen molar-refractivity contribution in [2.75, 3.05) is 10.6 Å². The summed E-state index contributed by atoms with van der Waals surface area (Å²) in [5.41, 5.74) is -0.0938. The molecule has 2 aromatic rings. The van der Waals surface area contributed by atoms with Gasteiger partial charge in [0.05, 0.1) is 28.2 Å². The van der Waals surface area contributed by atoms with Gasteiger partial charge in [0.15, 0.2) is 0 Å². The van der Waals surface area contributed by atoms with E-state index in [4.69, 9.17) is 11.6 Å². The number of carbonyl (C=O) groups is 1. The molecule has 138 valence electrons. The fourth-order valence-corrected chi connectivity index (χ4v) is 3.07. The number of benzene rings is 1. The lowest BCUT2D eigenvalue weighted by Crippen LogP contribution is -2.17. The predicted molar refractivity (Wildman–Crippen MR) is 94.5 cm³/mol. The van der Waals surface area contributed by atoms with Gasteiger partial charge in [-0.25, -0.2) is 4.98 Å². The molecule has 0 spiro atoms. The van der Waals surface area contributed by atoms with Crippen LogP contribution >= 0.6 is 11.6 Å². The number of alkyl halides is 3. The summed E-state index contributed by atoms with van der Waals surface area (Å²) in [6.45, 7) is 0. The van der Waals surface area contributed by atoms with Crippen molar-refractivity contribution in [2.45, 2.75) is 37.9 Å². The standard InChI is InChI=1S/C18H17ClF3N3O/c19-14-7-5-11(18(20,21)22)9-16(14)25-17(26)15-8-6-13(10-23-15)24-12-3-1-2-4-12/h5-10,12,24H,1-4H2,(H,25,26). The van der Waals surface area contributed by atoms with E-state index < -0.39 is 17.6 Å². The van der Waals surface area contributed by atoms with Crippen molar-refractivity contribution >= 4 is 28.9 Å². The molecule has 1 heterocycles. The molecule has 2 N–H and O–H groups in total. The van der Waals surface area contributed by atoms with Crippen molar-refractivity contribution in [1.29, 1.82) is 0 Å². The molecule has 1 fully saturated rings. The van der Waals surface area contributed by atoms with Crippen molar-refractivity contribution in [1.82, 2.24) is 4.98 Å². The van der Waals surface area contributed by atoms with Crippen molar-refractivity contribution in [2.24, 2.45) is 0 Å². The van der Waals surface area contributed by atoms with Gasteiger partial charge in [0, 0.05) is 6.04 Å². The van der Waals surface area contributed by atoms with Crippen LogP contribution in [0.2, 0.25) is 5.02 Å². The first-order valence-electron chi connectivity index (χ1n) is 8.23. The van der Waals surface area contributed by atoms with Crippen molar-refractivity contribution < 1.29 is 18.0 Å². The van der Waals surface area contributed by atoms with Crippen LogP contribution in [0.5, 0.6) is 0 Å². The number of pyridine rings is 1. The summed E-state index contributed by atoms with van der Waals surface area (Å²) in [5.74, 6) is -0.626. The summed E-state index contributed by atoms with van der Waals surface area (Å²) in [6, 6.07) is 6.43. The normalized spacial score (nSPS) is 15.1. The Balaban J connectivity index is 1.69. The fourth-order valence-electron chi connectivity index (χ4n) is 2.90. The lowest BCUT2D eigenvalue weighted by Gasteiger charge is -2.14. The molecule has 0 bridgehead atoms. The number of hydrogen-bond donors (Lipinski definition) is 2. The molecule has 0 atom stereocenters. The minimum atomic E-state index is -4.52. The van der Waals surface area contributed by atoms with Crippen molar-refractivity contribution in [3.63, 3.8) is 0 Å². The Bertz CT molecular complexity index is 787. The van der Waals surface area contributed by atoms with E-state index in [2.05, 4.69) is 15.6 Å². The second kappa shape index (κ2) is 7.53. The first-order valence-corrected chi connectivity index (χ1v) is 8.61. The molecular weight excluding hydrogens is 367 g/mol. The van der Waals surface area contributed by atoms with Gasteiger partial charge in [-0.2, -0.15) is 13.2 Å². The molecule has 3 rings (SSSR count). The van der Waals surface area contributed by atoms with Crippen LogP contribution in [-0.4, -0.2) is 16.9 Å². The Kier molecular flexibility index (Phi) is 5.36. The highest BCUT2D eigenvalue weighted by Gasteiger charge is 2.31. The van der Waals surface area contributed by atoms with Gasteiger partial charge in [-0.1, -0.05) is 24.4 Å². The van der Waals surface area contributed by atoms with E-state index in [0.717, 1.165) is 36.7 Å². The Labute approximate surface area is 153 Å². The van der Waals surface area contributed by atoms with E-state index in [-0.39, 0.29) is 16.4 Å². The highest BCUT2D eigenvalue weighted by Crippen LogP contribution is 2.34. The Morgan fingerprint density at radius 1 is 1.15 bits per heavy atom. The Hall–Kier alpha value is -2.28. The van der Waals surface area contributed by atoms with Crippen LogP contribution in [0.3, 0.4) is 0 Å². The van der Waals surface area contributed by atoms with Crippen LogP contribution in [0.25, 0.3) is 0 Å². The maximum Gasteiger partial charge on any atom is 0.416 e. The molecule has 1 aromatic heterocycles. The van der Waals surface area contributed by atoms with Crippen LogP contribution in [0.4, 0.5) is 24.5 Å². The Morgan fingerprint density at radius 2 is 1.88 bits per heavy atom. The predicted octanol–water partition coefficient (Wildman–Crippen LogP) is 5.36. The topological polar surface area (TPSA) is 54.0 Å². The van der Waals surface area contributed by atoms with E-state index in [0.29, 0.717) is 6.04 Å². The maximum absolute atomic E-state index is 12.8. The van der Waals surface area contributed by atoms with Gasteiger partial charge < -0.3 is 10.6 Å². The van der Waals surface area contributed by atoms with Crippen LogP contribution in [0, 0.1) is 0 Å². The largest absolute Gasteiger partial charge is 0.416 e. The summed E-state index contributed by atoms with van der Waals surface area (Å²) in [4.78, 5) is 16.3. The molecule has 0 radical (unpaired) electrons. The number of rotatable bonds is 4. The summed E-state index contributed by atoms with van der Waals surface area (Å²) in [5, 5.41) is 5.75. The summed E-state index contributed by atoms with van der Waals surface area (Å²) in [6.07, 6.45) is 1.64. The summed E-state index contributed by atoms with van der Waals surface area (Å²) in [7, 11) is 0. The van der Waals surface area contributed by atoms with E-state index in [9.17, 15) is 18.0 Å². The molecule has 1 saturated carbocycles. The molecule has 0 aliphatic heterocycles. The number of amides is 1. The molecular formula is C18H17ClF3N3O. The number of aromatic nitrogens is 1. The molecule has 1 aromatic carbocycles. The molecule has 1 amide bonds. The first kappa shape index (κ1) is 18.5. The quantitative estimate of drug-likeness (QED) is 0.747. The van der Waals surface area contributed by atoms with Crippen molar-refractivity contribution in [3.8, 4) is 0 Å². The summed E-state index contributed by atoms with van der Waals surface area (Å²) >= 11 is 5.89. The molecule has 0 saturated heterocycles. The minimum Gasteiger partial charge on any atom is -0.381 e. The summed E-state index contributed by atoms with van der Waals surface area (Å²) < 4.78 is 38.4. The molecule has 8 heteroatoms. The number of nitrogens with zero attached hydrogens (tertiary/aromatic N) is 1. The SMILES string of the molecule is O=C(Nc1cc(C(F)(F)F)ccc1Cl)c1ccc(NC2CCCC2)cn1. The monoisotopic (exact) mass is 383 g/mol. The smallest absolute Gasteiger partial charge is 0.381 e.